The molecule has 0 radical (unpaired) electrons. The van der Waals surface area contributed by atoms with E-state index in [2.05, 4.69) is 26.0 Å². The number of rotatable bonds is 37. The Labute approximate surface area is 372 Å². The number of ether oxygens (including phenoxy) is 6. The minimum atomic E-state index is -1.73. The van der Waals surface area contributed by atoms with E-state index in [1.54, 1.807) is 0 Å². The first-order valence-electron chi connectivity index (χ1n) is 24.3. The van der Waals surface area contributed by atoms with Gasteiger partial charge < -0.3 is 64.8 Å². The van der Waals surface area contributed by atoms with Gasteiger partial charge >= 0.3 is 11.9 Å². The molecule has 11 atom stereocenters. The number of allylic oxidation sites excluding steroid dienone is 2. The van der Waals surface area contributed by atoms with Crippen LogP contribution in [-0.4, -0.2) is 136 Å². The molecule has 2 aliphatic heterocycles. The highest BCUT2D eigenvalue weighted by molar-refractivity contribution is 5.70. The quantitative estimate of drug-likeness (QED) is 0.0222. The summed E-state index contributed by atoms with van der Waals surface area (Å²) < 4.78 is 34.0. The molecular formula is C47H87NO14. The van der Waals surface area contributed by atoms with Gasteiger partial charge in [-0.1, -0.05) is 142 Å². The molecule has 2 aliphatic rings. The molecule has 0 aromatic rings. The van der Waals surface area contributed by atoms with Gasteiger partial charge in [0.25, 0.3) is 0 Å². The summed E-state index contributed by atoms with van der Waals surface area (Å²) in [4.78, 5) is 25.7. The highest BCUT2D eigenvalue weighted by Crippen LogP contribution is 2.29. The van der Waals surface area contributed by atoms with Crippen LogP contribution in [0, 0.1) is 0 Å². The van der Waals surface area contributed by atoms with Crippen LogP contribution in [0.5, 0.6) is 0 Å². The number of hydrogen-bond donors (Lipinski definition) is 7. The van der Waals surface area contributed by atoms with Crippen molar-refractivity contribution in [1.82, 2.24) is 0 Å². The molecule has 10 unspecified atom stereocenters. The van der Waals surface area contributed by atoms with Gasteiger partial charge in [0.05, 0.1) is 25.9 Å². The van der Waals surface area contributed by atoms with E-state index in [0.717, 1.165) is 57.8 Å². The minimum Gasteiger partial charge on any atom is -0.462 e. The molecule has 0 aromatic heterocycles. The van der Waals surface area contributed by atoms with Crippen LogP contribution in [0.25, 0.3) is 0 Å². The van der Waals surface area contributed by atoms with Crippen molar-refractivity contribution in [1.29, 1.82) is 0 Å². The molecule has 0 amide bonds. The fraction of sp³-hybridized carbons (Fsp3) is 0.915. The maximum atomic E-state index is 13.0. The lowest BCUT2D eigenvalue weighted by Gasteiger charge is -2.46. The van der Waals surface area contributed by atoms with Crippen molar-refractivity contribution in [2.24, 2.45) is 5.73 Å². The van der Waals surface area contributed by atoms with E-state index in [1.807, 2.05) is 0 Å². The van der Waals surface area contributed by atoms with Gasteiger partial charge in [0.1, 0.15) is 49.3 Å². The maximum absolute atomic E-state index is 13.0. The van der Waals surface area contributed by atoms with Crippen LogP contribution in [0.2, 0.25) is 0 Å². The maximum Gasteiger partial charge on any atom is 0.306 e. The predicted molar refractivity (Wildman–Crippen MR) is 236 cm³/mol. The SMILES string of the molecule is CCCCCC/C=C\CCCCCCCC(=O)O[C@H](COC(=O)CCCCCCCCCCCCCCC)COC1OC(CO)C(OC2OC(CO)C(O)C(O)C2N)C(O)C1O. The summed E-state index contributed by atoms with van der Waals surface area (Å²) >= 11 is 0. The summed E-state index contributed by atoms with van der Waals surface area (Å²) in [7, 11) is 0. The Bertz CT molecular complexity index is 1140. The number of carbonyl (C=O) groups is 2. The van der Waals surface area contributed by atoms with Crippen LogP contribution >= 0.6 is 0 Å². The van der Waals surface area contributed by atoms with Crippen LogP contribution < -0.4 is 5.73 Å². The molecule has 2 fully saturated rings. The molecule has 15 nitrogen and oxygen atoms in total. The minimum absolute atomic E-state index is 0.169. The molecule has 62 heavy (non-hydrogen) atoms. The average Bonchev–Trinajstić information content (AvgIpc) is 3.27. The third-order valence-electron chi connectivity index (χ3n) is 11.8. The molecule has 2 heterocycles. The topological polar surface area (TPSA) is 237 Å². The molecule has 0 bridgehead atoms. The van der Waals surface area contributed by atoms with Crippen molar-refractivity contribution in [2.45, 2.75) is 248 Å². The Hall–Kier alpha value is -1.76. The summed E-state index contributed by atoms with van der Waals surface area (Å²) in [5, 5.41) is 62.2. The molecule has 364 valence electrons. The van der Waals surface area contributed by atoms with Crippen LogP contribution in [0.4, 0.5) is 0 Å². The third-order valence-corrected chi connectivity index (χ3v) is 11.8. The Morgan fingerprint density at radius 1 is 0.565 bits per heavy atom. The van der Waals surface area contributed by atoms with Crippen LogP contribution in [0.3, 0.4) is 0 Å². The van der Waals surface area contributed by atoms with Crippen molar-refractivity contribution in [3.63, 3.8) is 0 Å². The number of nitrogens with two attached hydrogens (primary N) is 1. The number of aliphatic hydroxyl groups is 6. The van der Waals surface area contributed by atoms with Gasteiger partial charge in [0, 0.05) is 12.8 Å². The fourth-order valence-corrected chi connectivity index (χ4v) is 7.83. The van der Waals surface area contributed by atoms with E-state index < -0.39 is 92.6 Å². The monoisotopic (exact) mass is 890 g/mol. The number of aliphatic hydroxyl groups excluding tert-OH is 6. The fourth-order valence-electron chi connectivity index (χ4n) is 7.83. The molecule has 0 spiro atoms. The summed E-state index contributed by atoms with van der Waals surface area (Å²) in [6, 6.07) is -1.30. The van der Waals surface area contributed by atoms with E-state index >= 15 is 0 Å². The van der Waals surface area contributed by atoms with Gasteiger partial charge in [-0.2, -0.15) is 0 Å². The first kappa shape index (κ1) is 56.4. The van der Waals surface area contributed by atoms with Gasteiger partial charge in [-0.25, -0.2) is 0 Å². The van der Waals surface area contributed by atoms with E-state index in [9.17, 15) is 40.2 Å². The first-order chi connectivity index (χ1) is 30.1. The van der Waals surface area contributed by atoms with E-state index in [1.165, 1.54) is 83.5 Å². The zero-order valence-electron chi connectivity index (χ0n) is 38.2. The number of esters is 2. The second kappa shape index (κ2) is 35.5. The molecule has 2 saturated heterocycles. The van der Waals surface area contributed by atoms with Gasteiger partial charge in [-0.05, 0) is 38.5 Å². The van der Waals surface area contributed by atoms with Crippen LogP contribution in [0.1, 0.15) is 181 Å². The van der Waals surface area contributed by atoms with Gasteiger partial charge in [0.15, 0.2) is 18.7 Å². The lowest BCUT2D eigenvalue weighted by atomic mass is 9.96. The highest BCUT2D eigenvalue weighted by Gasteiger charge is 2.50. The van der Waals surface area contributed by atoms with Gasteiger partial charge in [0.2, 0.25) is 0 Å². The van der Waals surface area contributed by atoms with E-state index in [0.29, 0.717) is 12.8 Å². The summed E-state index contributed by atoms with van der Waals surface area (Å²) in [6.45, 7) is 2.45. The molecule has 8 N–H and O–H groups in total. The Balaban J connectivity index is 1.85. The summed E-state index contributed by atoms with van der Waals surface area (Å²) in [6.07, 6.45) is 17.9. The lowest BCUT2D eigenvalue weighted by molar-refractivity contribution is -0.347. The van der Waals surface area contributed by atoms with Crippen molar-refractivity contribution in [2.75, 3.05) is 26.4 Å². The zero-order chi connectivity index (χ0) is 45.4. The zero-order valence-corrected chi connectivity index (χ0v) is 38.2. The van der Waals surface area contributed by atoms with Gasteiger partial charge in [-0.3, -0.25) is 9.59 Å². The van der Waals surface area contributed by atoms with E-state index in [-0.39, 0.29) is 26.1 Å². The molecule has 15 heteroatoms. The van der Waals surface area contributed by atoms with Gasteiger partial charge in [-0.15, -0.1) is 0 Å². The Kier molecular flexibility index (Phi) is 32.3. The molecule has 0 aromatic carbocycles. The predicted octanol–water partition coefficient (Wildman–Crippen LogP) is 5.79. The second-order valence-corrected chi connectivity index (χ2v) is 17.3. The largest absolute Gasteiger partial charge is 0.462 e. The number of carbonyl (C=O) groups excluding carboxylic acids is 2. The number of hydrogen-bond acceptors (Lipinski definition) is 15. The van der Waals surface area contributed by atoms with Crippen molar-refractivity contribution >= 4 is 11.9 Å². The third kappa shape index (κ3) is 23.4. The highest BCUT2D eigenvalue weighted by atomic mass is 16.7. The van der Waals surface area contributed by atoms with E-state index in [4.69, 9.17) is 34.2 Å². The molecule has 0 aliphatic carbocycles. The lowest BCUT2D eigenvalue weighted by Crippen LogP contribution is -2.66. The Morgan fingerprint density at radius 3 is 1.56 bits per heavy atom. The average molecular weight is 890 g/mol. The van der Waals surface area contributed by atoms with Crippen molar-refractivity contribution < 1.29 is 68.6 Å². The summed E-state index contributed by atoms with van der Waals surface area (Å²) in [5.74, 6) is -0.907. The van der Waals surface area contributed by atoms with Crippen LogP contribution in [0.15, 0.2) is 12.2 Å². The van der Waals surface area contributed by atoms with Crippen molar-refractivity contribution in [3.05, 3.63) is 12.2 Å². The van der Waals surface area contributed by atoms with Crippen LogP contribution in [-0.2, 0) is 38.0 Å². The smallest absolute Gasteiger partial charge is 0.306 e. The Morgan fingerprint density at radius 2 is 1.03 bits per heavy atom. The van der Waals surface area contributed by atoms with Crippen molar-refractivity contribution in [3.8, 4) is 0 Å². The summed E-state index contributed by atoms with van der Waals surface area (Å²) in [5.41, 5.74) is 5.98. The molecule has 0 saturated carbocycles. The second-order valence-electron chi connectivity index (χ2n) is 17.3. The first-order valence-corrected chi connectivity index (χ1v) is 24.3. The number of unbranched alkanes of at least 4 members (excludes halogenated alkanes) is 21. The molecular weight excluding hydrogens is 803 g/mol. The molecule has 2 rings (SSSR count). The standard InChI is InChI=1S/C47H87NO14/c1-3-5-7-9-11-13-15-17-19-21-23-25-27-29-38(51)57-33-35(59-39(52)30-28-26-24-22-20-18-16-14-12-10-8-6-4-2)34-58-47-44(56)43(55)45(37(32-50)61-47)62-46-40(48)42(54)41(53)36(31-49)60-46/h14,16,35-37,40-47,49-50,53-56H,3-13,15,17-34,48H2,1-2H3/b16-14-/t35-,36?,37?,40?,41?,42?,43?,44?,45?,46?,47?/m1/s1. The normalized spacial score (nSPS) is 27.1.